The van der Waals surface area contributed by atoms with Crippen LogP contribution in [0.4, 0.5) is 0 Å². The first kappa shape index (κ1) is 28.4. The van der Waals surface area contributed by atoms with Crippen LogP contribution in [0.2, 0.25) is 0 Å². The fraction of sp³-hybridized carbons (Fsp3) is 0.969. The van der Waals surface area contributed by atoms with E-state index in [1.807, 2.05) is 0 Å². The predicted molar refractivity (Wildman–Crippen MR) is 156 cm³/mol. The van der Waals surface area contributed by atoms with Gasteiger partial charge in [-0.1, -0.05) is 71.1 Å². The van der Waals surface area contributed by atoms with Crippen molar-refractivity contribution in [2.45, 2.75) is 132 Å². The highest BCUT2D eigenvalue weighted by Gasteiger charge is 2.65. The third-order valence-electron chi connectivity index (χ3n) is 12.7. The highest BCUT2D eigenvalue weighted by molar-refractivity contribution is 14.1. The van der Waals surface area contributed by atoms with E-state index in [0.29, 0.717) is 46.4 Å². The van der Waals surface area contributed by atoms with Crippen molar-refractivity contribution in [1.82, 2.24) is 0 Å². The van der Waals surface area contributed by atoms with Gasteiger partial charge in [0.1, 0.15) is 5.78 Å². The van der Waals surface area contributed by atoms with Crippen molar-refractivity contribution in [3.05, 3.63) is 0 Å². The van der Waals surface area contributed by atoms with Crippen molar-refractivity contribution in [3.8, 4) is 0 Å². The second-order valence-corrected chi connectivity index (χ2v) is 16.3. The van der Waals surface area contributed by atoms with Crippen molar-refractivity contribution in [2.75, 3.05) is 4.43 Å². The zero-order valence-electron chi connectivity index (χ0n) is 24.4. The summed E-state index contributed by atoms with van der Waals surface area (Å²) in [6, 6.07) is 0. The summed E-state index contributed by atoms with van der Waals surface area (Å²) in [7, 11) is 0. The monoisotopic (exact) mass is 598 g/mol. The van der Waals surface area contributed by atoms with Gasteiger partial charge in [-0.15, -0.1) is 0 Å². The summed E-state index contributed by atoms with van der Waals surface area (Å²) in [5.41, 5.74) is 0.625. The van der Waals surface area contributed by atoms with Crippen LogP contribution in [0.15, 0.2) is 0 Å². The van der Waals surface area contributed by atoms with Gasteiger partial charge in [0, 0.05) is 11.8 Å². The summed E-state index contributed by atoms with van der Waals surface area (Å²) < 4.78 is 8.10. The fourth-order valence-corrected chi connectivity index (χ4v) is 10.7. The molecule has 10 atom stereocenters. The van der Waals surface area contributed by atoms with Crippen LogP contribution in [-0.4, -0.2) is 21.9 Å². The maximum absolute atomic E-state index is 14.4. The van der Waals surface area contributed by atoms with Gasteiger partial charge < -0.3 is 4.74 Å². The summed E-state index contributed by atoms with van der Waals surface area (Å²) in [5.74, 6) is 4.53. The standard InChI is InChI=1S/C32H55IO2/c1-10-22-26-19-21(35-30(6,7)29(3,4)5)13-16-32(26,9)25-14-17-31(8)23(20(2)15-18-33)11-12-24(31)27(25)28(22)34/h20-27H,10-19H2,1-9H3/t20-,21-,22-,23-,24?,25?,26+,27?,31-,32-/m1/s1. The van der Waals surface area contributed by atoms with Crippen molar-refractivity contribution in [2.24, 2.45) is 57.7 Å². The lowest BCUT2D eigenvalue weighted by molar-refractivity contribution is -0.193. The van der Waals surface area contributed by atoms with Gasteiger partial charge in [0.2, 0.25) is 0 Å². The summed E-state index contributed by atoms with van der Waals surface area (Å²) in [6.45, 7) is 21.4. The molecule has 0 heterocycles. The van der Waals surface area contributed by atoms with E-state index >= 15 is 0 Å². The lowest BCUT2D eigenvalue weighted by Crippen LogP contribution is -2.61. The second kappa shape index (κ2) is 9.83. The Bertz CT molecular complexity index is 783. The molecule has 0 aromatic rings. The second-order valence-electron chi connectivity index (χ2n) is 15.2. The maximum Gasteiger partial charge on any atom is 0.139 e. The predicted octanol–water partition coefficient (Wildman–Crippen LogP) is 9.13. The third kappa shape index (κ3) is 4.61. The van der Waals surface area contributed by atoms with Gasteiger partial charge in [0.15, 0.2) is 0 Å². The lowest BCUT2D eigenvalue weighted by Gasteiger charge is -2.62. The number of alkyl halides is 1. The van der Waals surface area contributed by atoms with Gasteiger partial charge in [-0.3, -0.25) is 4.79 Å². The Morgan fingerprint density at radius 1 is 0.971 bits per heavy atom. The summed E-state index contributed by atoms with van der Waals surface area (Å²) in [5, 5.41) is 0. The van der Waals surface area contributed by atoms with E-state index < -0.39 is 0 Å². The molecule has 0 spiro atoms. The number of rotatable bonds is 6. The molecule has 202 valence electrons. The van der Waals surface area contributed by atoms with Crippen molar-refractivity contribution >= 4 is 28.4 Å². The van der Waals surface area contributed by atoms with E-state index in [4.69, 9.17) is 4.74 Å². The molecule has 0 N–H and O–H groups in total. The Morgan fingerprint density at radius 2 is 1.60 bits per heavy atom. The number of Topliss-reactive ketones (excluding diaryl/α,β-unsaturated/α-hetero) is 1. The number of ether oxygens (including phenoxy) is 1. The minimum Gasteiger partial charge on any atom is -0.372 e. The largest absolute Gasteiger partial charge is 0.372 e. The van der Waals surface area contributed by atoms with Crippen LogP contribution >= 0.6 is 22.6 Å². The summed E-state index contributed by atoms with van der Waals surface area (Å²) in [6.07, 6.45) is 11.4. The van der Waals surface area contributed by atoms with Crippen LogP contribution in [-0.2, 0) is 9.53 Å². The molecule has 3 heteroatoms. The normalized spacial score (nSPS) is 45.0. The maximum atomic E-state index is 14.4. The number of hydrogen-bond acceptors (Lipinski definition) is 2. The smallest absolute Gasteiger partial charge is 0.139 e. The topological polar surface area (TPSA) is 26.3 Å². The van der Waals surface area contributed by atoms with E-state index in [1.165, 1.54) is 43.0 Å². The van der Waals surface area contributed by atoms with Crippen LogP contribution in [0.3, 0.4) is 0 Å². The van der Waals surface area contributed by atoms with Gasteiger partial charge >= 0.3 is 0 Å². The molecular weight excluding hydrogens is 543 g/mol. The Hall–Kier alpha value is 0.360. The minimum atomic E-state index is -0.158. The quantitative estimate of drug-likeness (QED) is 0.225. The zero-order valence-corrected chi connectivity index (χ0v) is 26.5. The summed E-state index contributed by atoms with van der Waals surface area (Å²) in [4.78, 5) is 14.4. The molecule has 4 rings (SSSR count). The molecule has 0 radical (unpaired) electrons. The fourth-order valence-electron chi connectivity index (χ4n) is 9.67. The van der Waals surface area contributed by atoms with Crippen molar-refractivity contribution in [1.29, 1.82) is 0 Å². The van der Waals surface area contributed by atoms with Gasteiger partial charge in [-0.2, -0.15) is 0 Å². The number of hydrogen-bond donors (Lipinski definition) is 0. The molecule has 35 heavy (non-hydrogen) atoms. The molecule has 4 aliphatic carbocycles. The summed E-state index contributed by atoms with van der Waals surface area (Å²) >= 11 is 2.55. The van der Waals surface area contributed by atoms with E-state index in [0.717, 1.165) is 31.1 Å². The third-order valence-corrected chi connectivity index (χ3v) is 13.3. The van der Waals surface area contributed by atoms with Crippen LogP contribution in [0, 0.1) is 57.7 Å². The van der Waals surface area contributed by atoms with E-state index in [-0.39, 0.29) is 16.9 Å². The first-order chi connectivity index (χ1) is 16.2. The molecule has 0 bridgehead atoms. The molecule has 4 saturated carbocycles. The molecule has 3 unspecified atom stereocenters. The molecule has 4 aliphatic rings. The average Bonchev–Trinajstić information content (AvgIpc) is 3.11. The first-order valence-corrected chi connectivity index (χ1v) is 16.5. The Kier molecular flexibility index (Phi) is 7.97. The van der Waals surface area contributed by atoms with Crippen molar-refractivity contribution in [3.63, 3.8) is 0 Å². The average molecular weight is 599 g/mol. The molecule has 4 fully saturated rings. The molecular formula is C32H55IO2. The van der Waals surface area contributed by atoms with Crippen LogP contribution < -0.4 is 0 Å². The Labute approximate surface area is 231 Å². The number of carbonyl (C=O) groups excluding carboxylic acids is 1. The van der Waals surface area contributed by atoms with Crippen LogP contribution in [0.5, 0.6) is 0 Å². The van der Waals surface area contributed by atoms with Crippen LogP contribution in [0.25, 0.3) is 0 Å². The zero-order chi connectivity index (χ0) is 26.0. The molecule has 0 saturated heterocycles. The van der Waals surface area contributed by atoms with Gasteiger partial charge in [0.05, 0.1) is 11.7 Å². The molecule has 0 aliphatic heterocycles. The number of halogens is 1. The van der Waals surface area contributed by atoms with E-state index in [9.17, 15) is 4.79 Å². The molecule has 0 amide bonds. The van der Waals surface area contributed by atoms with E-state index in [2.05, 4.69) is 84.9 Å². The minimum absolute atomic E-state index is 0.104. The molecule has 2 nitrogen and oxygen atoms in total. The highest BCUT2D eigenvalue weighted by atomic mass is 127. The number of ketones is 1. The first-order valence-electron chi connectivity index (χ1n) is 15.0. The van der Waals surface area contributed by atoms with Gasteiger partial charge in [0.25, 0.3) is 0 Å². The Balaban J connectivity index is 1.60. The van der Waals surface area contributed by atoms with Crippen molar-refractivity contribution < 1.29 is 9.53 Å². The molecule has 0 aromatic carbocycles. The SMILES string of the molecule is CC[C@H]1C(=O)C2C3CC[C@H]([C@H](C)CCI)[C@@]3(C)CCC2[C@@]2(C)CC[C@@H](OC(C)(C)C(C)(C)C)C[C@@H]12. The van der Waals surface area contributed by atoms with Crippen LogP contribution in [0.1, 0.15) is 120 Å². The number of carbonyl (C=O) groups is 1. The van der Waals surface area contributed by atoms with Gasteiger partial charge in [-0.05, 0) is 122 Å². The Morgan fingerprint density at radius 3 is 2.20 bits per heavy atom. The highest BCUT2D eigenvalue weighted by Crippen LogP contribution is 2.69. The molecule has 0 aromatic heterocycles. The van der Waals surface area contributed by atoms with Gasteiger partial charge in [-0.25, -0.2) is 0 Å². The van der Waals surface area contributed by atoms with E-state index in [1.54, 1.807) is 0 Å². The number of fused-ring (bicyclic) bond motifs is 5. The lowest BCUT2D eigenvalue weighted by atomic mass is 9.42.